The zero-order valence-electron chi connectivity index (χ0n) is 13.0. The quantitative estimate of drug-likeness (QED) is 0.800. The lowest BCUT2D eigenvalue weighted by atomic mass is 10.2. The Hall–Kier alpha value is -2.53. The molecule has 4 rings (SSSR count). The van der Waals surface area contributed by atoms with Crippen molar-refractivity contribution in [3.05, 3.63) is 60.7 Å². The number of fused-ring (bicyclic) bond motifs is 2. The van der Waals surface area contributed by atoms with Gasteiger partial charge in [0.15, 0.2) is 0 Å². The van der Waals surface area contributed by atoms with Crippen molar-refractivity contribution in [2.45, 2.75) is 16.2 Å². The number of amides is 2. The molecule has 5 heteroatoms. The monoisotopic (exact) mass is 336 g/mol. The van der Waals surface area contributed by atoms with Gasteiger partial charge in [-0.25, -0.2) is 0 Å². The molecule has 2 aromatic carbocycles. The molecule has 0 saturated carbocycles. The average molecular weight is 336 g/mol. The zero-order valence-corrected chi connectivity index (χ0v) is 13.8. The van der Waals surface area contributed by atoms with E-state index in [1.54, 1.807) is 11.8 Å². The van der Waals surface area contributed by atoms with Crippen LogP contribution < -0.4 is 4.90 Å². The summed E-state index contributed by atoms with van der Waals surface area (Å²) in [5.74, 6) is -0.426. The SMILES string of the molecule is O=C1C=CC(=O)N1CCCN1c2ccccc2Sc2ccccc21. The van der Waals surface area contributed by atoms with E-state index in [1.165, 1.54) is 38.2 Å². The van der Waals surface area contributed by atoms with Gasteiger partial charge in [-0.05, 0) is 30.7 Å². The summed E-state index contributed by atoms with van der Waals surface area (Å²) in [5.41, 5.74) is 2.36. The van der Waals surface area contributed by atoms with Crippen LogP contribution in [-0.2, 0) is 9.59 Å². The molecule has 0 aromatic heterocycles. The Morgan fingerprint density at radius 2 is 1.21 bits per heavy atom. The van der Waals surface area contributed by atoms with Crippen LogP contribution in [0.5, 0.6) is 0 Å². The molecule has 2 aromatic rings. The van der Waals surface area contributed by atoms with E-state index in [4.69, 9.17) is 0 Å². The molecule has 2 aliphatic rings. The highest BCUT2D eigenvalue weighted by molar-refractivity contribution is 7.99. The van der Waals surface area contributed by atoms with Crippen molar-refractivity contribution >= 4 is 35.0 Å². The number of benzene rings is 2. The number of imide groups is 1. The largest absolute Gasteiger partial charge is 0.340 e. The topological polar surface area (TPSA) is 40.6 Å². The molecule has 120 valence electrons. The number of hydrogen-bond acceptors (Lipinski definition) is 4. The Kier molecular flexibility index (Phi) is 3.86. The van der Waals surface area contributed by atoms with E-state index in [1.807, 2.05) is 24.3 Å². The molecule has 4 nitrogen and oxygen atoms in total. The summed E-state index contributed by atoms with van der Waals surface area (Å²) < 4.78 is 0. The summed E-state index contributed by atoms with van der Waals surface area (Å²) in [5, 5.41) is 0. The normalized spacial score (nSPS) is 15.7. The van der Waals surface area contributed by atoms with Gasteiger partial charge in [0, 0.05) is 35.0 Å². The summed E-state index contributed by atoms with van der Waals surface area (Å²) in [4.78, 5) is 29.4. The smallest absolute Gasteiger partial charge is 0.253 e. The maximum absolute atomic E-state index is 11.7. The van der Waals surface area contributed by atoms with E-state index >= 15 is 0 Å². The Morgan fingerprint density at radius 3 is 1.79 bits per heavy atom. The first-order valence-electron chi connectivity index (χ1n) is 7.91. The van der Waals surface area contributed by atoms with Crippen LogP contribution in [0.25, 0.3) is 0 Å². The van der Waals surface area contributed by atoms with Gasteiger partial charge < -0.3 is 4.90 Å². The molecule has 0 bridgehead atoms. The van der Waals surface area contributed by atoms with Crippen LogP contribution in [0, 0.1) is 0 Å². The number of hydrogen-bond donors (Lipinski definition) is 0. The number of carbonyl (C=O) groups excluding carboxylic acids is 2. The van der Waals surface area contributed by atoms with Crippen molar-refractivity contribution < 1.29 is 9.59 Å². The first kappa shape index (κ1) is 15.0. The summed E-state index contributed by atoms with van der Waals surface area (Å²) in [6.45, 7) is 1.20. The van der Waals surface area contributed by atoms with Crippen molar-refractivity contribution in [3.63, 3.8) is 0 Å². The van der Waals surface area contributed by atoms with Crippen LogP contribution in [0.1, 0.15) is 6.42 Å². The van der Waals surface area contributed by atoms with Gasteiger partial charge >= 0.3 is 0 Å². The van der Waals surface area contributed by atoms with Gasteiger partial charge in [-0.15, -0.1) is 0 Å². The lowest BCUT2D eigenvalue weighted by Gasteiger charge is -2.33. The molecular formula is C19H16N2O2S. The van der Waals surface area contributed by atoms with Crippen LogP contribution in [0.15, 0.2) is 70.5 Å². The van der Waals surface area contributed by atoms with Gasteiger partial charge in [0.05, 0.1) is 11.4 Å². The summed E-state index contributed by atoms with van der Waals surface area (Å²) in [7, 11) is 0. The van der Waals surface area contributed by atoms with Crippen molar-refractivity contribution in [2.75, 3.05) is 18.0 Å². The third-order valence-electron chi connectivity index (χ3n) is 4.20. The molecular weight excluding hydrogens is 320 g/mol. The van der Waals surface area contributed by atoms with E-state index in [2.05, 4.69) is 29.2 Å². The Labute approximate surface area is 144 Å². The predicted octanol–water partition coefficient (Wildman–Crippen LogP) is 3.60. The lowest BCUT2D eigenvalue weighted by molar-refractivity contribution is -0.136. The van der Waals surface area contributed by atoms with Crippen molar-refractivity contribution in [3.8, 4) is 0 Å². The van der Waals surface area contributed by atoms with E-state index in [9.17, 15) is 9.59 Å². The number of carbonyl (C=O) groups is 2. The minimum absolute atomic E-state index is 0.213. The fraction of sp³-hybridized carbons (Fsp3) is 0.158. The van der Waals surface area contributed by atoms with E-state index < -0.39 is 0 Å². The second kappa shape index (κ2) is 6.17. The van der Waals surface area contributed by atoms with Gasteiger partial charge in [0.2, 0.25) is 0 Å². The van der Waals surface area contributed by atoms with E-state index in [0.29, 0.717) is 6.54 Å². The minimum Gasteiger partial charge on any atom is -0.340 e. The van der Waals surface area contributed by atoms with Gasteiger partial charge in [0.25, 0.3) is 11.8 Å². The maximum Gasteiger partial charge on any atom is 0.253 e. The molecule has 0 atom stereocenters. The van der Waals surface area contributed by atoms with Crippen LogP contribution in [0.4, 0.5) is 11.4 Å². The Balaban J connectivity index is 1.54. The average Bonchev–Trinajstić information content (AvgIpc) is 2.93. The van der Waals surface area contributed by atoms with Gasteiger partial charge in [-0.3, -0.25) is 14.5 Å². The van der Waals surface area contributed by atoms with Gasteiger partial charge in [0.1, 0.15) is 0 Å². The van der Waals surface area contributed by atoms with E-state index in [-0.39, 0.29) is 11.8 Å². The predicted molar refractivity (Wildman–Crippen MR) is 94.5 cm³/mol. The first-order chi connectivity index (χ1) is 11.7. The highest BCUT2D eigenvalue weighted by Gasteiger charge is 2.25. The summed E-state index contributed by atoms with van der Waals surface area (Å²) in [6.07, 6.45) is 3.40. The lowest BCUT2D eigenvalue weighted by Crippen LogP contribution is -2.33. The molecule has 0 radical (unpaired) electrons. The summed E-state index contributed by atoms with van der Waals surface area (Å²) in [6, 6.07) is 16.7. The third kappa shape index (κ3) is 2.61. The molecule has 0 unspecified atom stereocenters. The molecule has 0 saturated heterocycles. The number of nitrogens with zero attached hydrogens (tertiary/aromatic N) is 2. The Bertz CT molecular complexity index is 783. The van der Waals surface area contributed by atoms with Crippen LogP contribution in [0.2, 0.25) is 0 Å². The molecule has 2 aliphatic heterocycles. The third-order valence-corrected chi connectivity index (χ3v) is 5.33. The standard InChI is InChI=1S/C19H16N2O2S/c22-18-10-11-19(23)21(18)13-5-12-20-14-6-1-3-8-16(14)24-17-9-4-2-7-15(17)20/h1-4,6-11H,5,12-13H2. The Morgan fingerprint density at radius 1 is 0.708 bits per heavy atom. The number of anilines is 2. The molecule has 0 N–H and O–H groups in total. The molecule has 0 fully saturated rings. The molecule has 2 amide bonds. The molecule has 0 aliphatic carbocycles. The van der Waals surface area contributed by atoms with Crippen LogP contribution >= 0.6 is 11.8 Å². The van der Waals surface area contributed by atoms with Crippen molar-refractivity contribution in [1.29, 1.82) is 0 Å². The second-order valence-electron chi connectivity index (χ2n) is 5.70. The molecule has 24 heavy (non-hydrogen) atoms. The van der Waals surface area contributed by atoms with Crippen LogP contribution in [-0.4, -0.2) is 29.8 Å². The highest BCUT2D eigenvalue weighted by Crippen LogP contribution is 2.47. The number of para-hydroxylation sites is 2. The van der Waals surface area contributed by atoms with Crippen molar-refractivity contribution in [1.82, 2.24) is 4.90 Å². The second-order valence-corrected chi connectivity index (χ2v) is 6.79. The van der Waals surface area contributed by atoms with Gasteiger partial charge in [-0.1, -0.05) is 36.0 Å². The molecule has 2 heterocycles. The van der Waals surface area contributed by atoms with Gasteiger partial charge in [-0.2, -0.15) is 0 Å². The van der Waals surface area contributed by atoms with E-state index in [0.717, 1.165) is 13.0 Å². The first-order valence-corrected chi connectivity index (χ1v) is 8.73. The fourth-order valence-corrected chi connectivity index (χ4v) is 4.16. The maximum atomic E-state index is 11.7. The van der Waals surface area contributed by atoms with Crippen molar-refractivity contribution in [2.24, 2.45) is 0 Å². The molecule has 0 spiro atoms. The zero-order chi connectivity index (χ0) is 16.5. The summed E-state index contributed by atoms with van der Waals surface area (Å²) >= 11 is 1.78. The van der Waals surface area contributed by atoms with Crippen LogP contribution in [0.3, 0.4) is 0 Å². The number of rotatable bonds is 4. The fourth-order valence-electron chi connectivity index (χ4n) is 3.06. The highest BCUT2D eigenvalue weighted by atomic mass is 32.2. The minimum atomic E-state index is -0.213.